The molecule has 148 valence electrons. The van der Waals surface area contributed by atoms with Crippen LogP contribution in [-0.4, -0.2) is 32.0 Å². The van der Waals surface area contributed by atoms with Gasteiger partial charge in [0.1, 0.15) is 17.3 Å². The van der Waals surface area contributed by atoms with E-state index in [-0.39, 0.29) is 5.56 Å². The normalized spacial score (nSPS) is 12.8. The molecule has 3 rings (SSSR count). The summed E-state index contributed by atoms with van der Waals surface area (Å²) in [5.41, 5.74) is -0.544. The molecule has 7 nitrogen and oxygen atoms in total. The van der Waals surface area contributed by atoms with Crippen LogP contribution in [0.25, 0.3) is 11.0 Å². The molecule has 0 radical (unpaired) electrons. The highest BCUT2D eigenvalue weighted by molar-refractivity contribution is 6.68. The van der Waals surface area contributed by atoms with Crippen molar-refractivity contribution in [3.05, 3.63) is 65.0 Å². The summed E-state index contributed by atoms with van der Waals surface area (Å²) in [6, 6.07) is 8.33. The zero-order chi connectivity index (χ0) is 20.1. The van der Waals surface area contributed by atoms with Crippen LogP contribution in [0.15, 0.2) is 58.3 Å². The maximum atomic E-state index is 12.6. The van der Waals surface area contributed by atoms with Gasteiger partial charge in [-0.1, -0.05) is 53.0 Å². The first kappa shape index (κ1) is 20.7. The highest BCUT2D eigenvalue weighted by Crippen LogP contribution is 2.29. The van der Waals surface area contributed by atoms with Gasteiger partial charge in [-0.2, -0.15) is 0 Å². The molecule has 1 amide bonds. The van der Waals surface area contributed by atoms with Crippen LogP contribution in [0.3, 0.4) is 0 Å². The van der Waals surface area contributed by atoms with E-state index in [1.807, 2.05) is 10.8 Å². The van der Waals surface area contributed by atoms with Gasteiger partial charge in [0.25, 0.3) is 5.91 Å². The Morgan fingerprint density at radius 3 is 2.79 bits per heavy atom. The second kappa shape index (κ2) is 8.96. The van der Waals surface area contributed by atoms with Crippen LogP contribution < -0.4 is 16.3 Å². The predicted molar refractivity (Wildman–Crippen MR) is 109 cm³/mol. The molecule has 1 atom stereocenters. The molecule has 0 saturated carbocycles. The molecule has 0 fully saturated rings. The highest BCUT2D eigenvalue weighted by Gasteiger charge is 2.34. The van der Waals surface area contributed by atoms with E-state index >= 15 is 0 Å². The number of imidazole rings is 1. The molecule has 0 saturated heterocycles. The second-order valence-electron chi connectivity index (χ2n) is 6.04. The van der Waals surface area contributed by atoms with Crippen LogP contribution in [0.1, 0.15) is 16.8 Å². The lowest BCUT2D eigenvalue weighted by Gasteiger charge is -2.26. The highest BCUT2D eigenvalue weighted by atomic mass is 35.6. The van der Waals surface area contributed by atoms with E-state index in [0.29, 0.717) is 30.5 Å². The van der Waals surface area contributed by atoms with Crippen molar-refractivity contribution in [2.45, 2.75) is 22.9 Å². The maximum Gasteiger partial charge on any atom is 0.349 e. The zero-order valence-electron chi connectivity index (χ0n) is 14.6. The Morgan fingerprint density at radius 1 is 1.29 bits per heavy atom. The third kappa shape index (κ3) is 5.26. The quantitative estimate of drug-likeness (QED) is 0.253. The molecule has 2 aromatic heterocycles. The van der Waals surface area contributed by atoms with Crippen molar-refractivity contribution in [2.24, 2.45) is 0 Å². The molecule has 0 bridgehead atoms. The molecule has 0 aliphatic carbocycles. The number of halogens is 3. The molecule has 28 heavy (non-hydrogen) atoms. The molecule has 2 N–H and O–H groups in total. The largest absolute Gasteiger partial charge is 0.422 e. The fraction of sp³-hybridized carbons (Fsp3) is 0.278. The number of carbonyl (C=O) groups excluding carboxylic acids is 1. The van der Waals surface area contributed by atoms with Gasteiger partial charge in [-0.05, 0) is 25.1 Å². The van der Waals surface area contributed by atoms with Gasteiger partial charge in [-0.25, -0.2) is 9.78 Å². The van der Waals surface area contributed by atoms with Gasteiger partial charge in [0.2, 0.25) is 3.79 Å². The van der Waals surface area contributed by atoms with Crippen molar-refractivity contribution in [1.82, 2.24) is 20.2 Å². The SMILES string of the molecule is O=C(NC(NCCCn1ccnc1)C(Cl)(Cl)Cl)c1cc2ccccc2oc1=O. The molecule has 0 spiro atoms. The van der Waals surface area contributed by atoms with E-state index in [9.17, 15) is 9.59 Å². The van der Waals surface area contributed by atoms with Crippen molar-refractivity contribution >= 4 is 51.7 Å². The molecule has 3 aromatic rings. The lowest BCUT2D eigenvalue weighted by molar-refractivity contribution is 0.0926. The van der Waals surface area contributed by atoms with E-state index in [0.717, 1.165) is 0 Å². The van der Waals surface area contributed by atoms with E-state index in [2.05, 4.69) is 15.6 Å². The molecule has 0 aliphatic heterocycles. The standard InChI is InChI=1S/C18H17Cl3N4O3/c19-18(20,21)17(23-6-3-8-25-9-7-22-11-25)24-15(26)13-10-12-4-1-2-5-14(12)28-16(13)27/h1-2,4-5,7,9-11,17,23H,3,6,8H2,(H,24,26). The summed E-state index contributed by atoms with van der Waals surface area (Å²) in [5, 5.41) is 6.15. The van der Waals surface area contributed by atoms with E-state index in [1.165, 1.54) is 6.07 Å². The van der Waals surface area contributed by atoms with Crippen molar-refractivity contribution in [3.63, 3.8) is 0 Å². The van der Waals surface area contributed by atoms with E-state index in [1.54, 1.807) is 36.8 Å². The number of nitrogens with zero attached hydrogens (tertiary/aromatic N) is 2. The third-order valence-corrected chi connectivity index (χ3v) is 4.64. The van der Waals surface area contributed by atoms with Gasteiger partial charge >= 0.3 is 5.63 Å². The Morgan fingerprint density at radius 2 is 2.07 bits per heavy atom. The summed E-state index contributed by atoms with van der Waals surface area (Å²) in [6.45, 7) is 1.17. The monoisotopic (exact) mass is 442 g/mol. The molecule has 10 heteroatoms. The minimum absolute atomic E-state index is 0.168. The number of carbonyl (C=O) groups is 1. The summed E-state index contributed by atoms with van der Waals surface area (Å²) >= 11 is 17.9. The Labute approximate surface area is 175 Å². The minimum Gasteiger partial charge on any atom is -0.422 e. The fourth-order valence-electron chi connectivity index (χ4n) is 2.60. The Hall–Kier alpha value is -2.06. The summed E-state index contributed by atoms with van der Waals surface area (Å²) in [7, 11) is 0. The first-order valence-electron chi connectivity index (χ1n) is 8.44. The number of hydrogen-bond donors (Lipinski definition) is 2. The fourth-order valence-corrected chi connectivity index (χ4v) is 3.00. The number of fused-ring (bicyclic) bond motifs is 1. The minimum atomic E-state index is -1.82. The first-order chi connectivity index (χ1) is 13.3. The van der Waals surface area contributed by atoms with Crippen LogP contribution >= 0.6 is 34.8 Å². The summed E-state index contributed by atoms with van der Waals surface area (Å²) in [6.07, 6.45) is 4.94. The molecule has 0 aliphatic rings. The van der Waals surface area contributed by atoms with Crippen LogP contribution in [-0.2, 0) is 6.54 Å². The number of rotatable bonds is 7. The summed E-state index contributed by atoms with van der Waals surface area (Å²) in [5.74, 6) is -0.696. The molecular formula is C18H17Cl3N4O3. The van der Waals surface area contributed by atoms with Gasteiger partial charge in [-0.3, -0.25) is 10.1 Å². The predicted octanol–water partition coefficient (Wildman–Crippen LogP) is 3.10. The van der Waals surface area contributed by atoms with Gasteiger partial charge in [0.05, 0.1) is 6.33 Å². The maximum absolute atomic E-state index is 12.6. The average molecular weight is 444 g/mol. The molecule has 1 unspecified atom stereocenters. The van der Waals surface area contributed by atoms with E-state index in [4.69, 9.17) is 39.2 Å². The van der Waals surface area contributed by atoms with Gasteiger partial charge in [-0.15, -0.1) is 0 Å². The van der Waals surface area contributed by atoms with Gasteiger partial charge in [0.15, 0.2) is 0 Å². The average Bonchev–Trinajstić information content (AvgIpc) is 3.16. The molecule has 1 aromatic carbocycles. The third-order valence-electron chi connectivity index (χ3n) is 3.99. The summed E-state index contributed by atoms with van der Waals surface area (Å²) < 4.78 is 5.27. The smallest absolute Gasteiger partial charge is 0.349 e. The number of alkyl halides is 3. The van der Waals surface area contributed by atoms with E-state index < -0.39 is 21.5 Å². The van der Waals surface area contributed by atoms with Gasteiger partial charge < -0.3 is 14.3 Å². The number of nitrogens with one attached hydrogen (secondary N) is 2. The van der Waals surface area contributed by atoms with Crippen LogP contribution in [0.4, 0.5) is 0 Å². The van der Waals surface area contributed by atoms with Crippen LogP contribution in [0.5, 0.6) is 0 Å². The number of benzene rings is 1. The van der Waals surface area contributed by atoms with Crippen molar-refractivity contribution < 1.29 is 9.21 Å². The van der Waals surface area contributed by atoms with Crippen LogP contribution in [0, 0.1) is 0 Å². The van der Waals surface area contributed by atoms with Crippen molar-refractivity contribution in [2.75, 3.05) is 6.54 Å². The lowest BCUT2D eigenvalue weighted by Crippen LogP contribution is -2.54. The number of aromatic nitrogens is 2. The Kier molecular flexibility index (Phi) is 6.61. The number of aryl methyl sites for hydroxylation is 1. The Bertz CT molecular complexity index is 999. The van der Waals surface area contributed by atoms with Crippen LogP contribution in [0.2, 0.25) is 0 Å². The molecule has 2 heterocycles. The topological polar surface area (TPSA) is 89.2 Å². The molecular weight excluding hydrogens is 427 g/mol. The lowest BCUT2D eigenvalue weighted by atomic mass is 10.2. The Balaban J connectivity index is 1.67. The van der Waals surface area contributed by atoms with Crippen molar-refractivity contribution in [3.8, 4) is 0 Å². The number of hydrogen-bond acceptors (Lipinski definition) is 5. The number of amides is 1. The first-order valence-corrected chi connectivity index (χ1v) is 9.57. The second-order valence-corrected chi connectivity index (χ2v) is 8.41. The number of para-hydroxylation sites is 1. The zero-order valence-corrected chi connectivity index (χ0v) is 16.8. The van der Waals surface area contributed by atoms with Gasteiger partial charge in [0, 0.05) is 24.3 Å². The van der Waals surface area contributed by atoms with Crippen molar-refractivity contribution in [1.29, 1.82) is 0 Å². The summed E-state index contributed by atoms with van der Waals surface area (Å²) in [4.78, 5) is 28.7.